The van der Waals surface area contributed by atoms with Crippen LogP contribution in [-0.2, 0) is 0 Å². The van der Waals surface area contributed by atoms with Gasteiger partial charge < -0.3 is 5.73 Å². The summed E-state index contributed by atoms with van der Waals surface area (Å²) in [5.74, 6) is 0. The summed E-state index contributed by atoms with van der Waals surface area (Å²) in [5.41, 5.74) is 5.86. The molecule has 0 fully saturated rings. The van der Waals surface area contributed by atoms with Crippen molar-refractivity contribution >= 4 is 10.9 Å². The Morgan fingerprint density at radius 2 is 1.94 bits per heavy atom. The van der Waals surface area contributed by atoms with Gasteiger partial charge in [0.2, 0.25) is 0 Å². The molecule has 0 bridgehead atoms. The first-order valence-electron chi connectivity index (χ1n) is 5.16. The highest BCUT2D eigenvalue weighted by Gasteiger charge is 2.44. The highest BCUT2D eigenvalue weighted by atomic mass is 19.4. The van der Waals surface area contributed by atoms with Crippen LogP contribution in [-0.4, -0.2) is 22.0 Å². The minimum absolute atomic E-state index is 0.437. The number of alkyl halides is 3. The van der Waals surface area contributed by atoms with Crippen LogP contribution >= 0.6 is 0 Å². The lowest BCUT2D eigenvalue weighted by molar-refractivity contribution is -0.173. The minimum atomic E-state index is -4.41. The molecule has 2 unspecified atom stereocenters. The molecule has 3 nitrogen and oxygen atoms in total. The SMILES string of the molecule is CC(N)C(n1ncc2ccccc21)C(F)(F)F. The van der Waals surface area contributed by atoms with Crippen LogP contribution < -0.4 is 5.73 Å². The van der Waals surface area contributed by atoms with Crippen LogP contribution in [0.15, 0.2) is 30.5 Å². The predicted molar refractivity (Wildman–Crippen MR) is 58.5 cm³/mol. The summed E-state index contributed by atoms with van der Waals surface area (Å²) in [5, 5.41) is 4.47. The quantitative estimate of drug-likeness (QED) is 0.880. The number of fused-ring (bicyclic) bond motifs is 1. The van der Waals surface area contributed by atoms with Crippen molar-refractivity contribution in [3.05, 3.63) is 30.5 Å². The molecule has 1 aromatic carbocycles. The van der Waals surface area contributed by atoms with E-state index >= 15 is 0 Å². The number of halogens is 3. The van der Waals surface area contributed by atoms with Gasteiger partial charge in [0.25, 0.3) is 0 Å². The predicted octanol–water partition coefficient (Wildman–Crippen LogP) is 2.49. The molecule has 1 aromatic heterocycles. The van der Waals surface area contributed by atoms with Crippen LogP contribution in [0.2, 0.25) is 0 Å². The third kappa shape index (κ3) is 2.12. The topological polar surface area (TPSA) is 43.8 Å². The van der Waals surface area contributed by atoms with Gasteiger partial charge in [-0.1, -0.05) is 18.2 Å². The third-order valence-electron chi connectivity index (χ3n) is 2.60. The number of aromatic nitrogens is 2. The summed E-state index contributed by atoms with van der Waals surface area (Å²) in [4.78, 5) is 0. The second-order valence-electron chi connectivity index (χ2n) is 3.99. The van der Waals surface area contributed by atoms with Crippen LogP contribution in [0.25, 0.3) is 10.9 Å². The Morgan fingerprint density at radius 3 is 2.53 bits per heavy atom. The van der Waals surface area contributed by atoms with Gasteiger partial charge >= 0.3 is 6.18 Å². The Kier molecular flexibility index (Phi) is 2.82. The average molecular weight is 243 g/mol. The highest BCUT2D eigenvalue weighted by Crippen LogP contribution is 2.34. The molecule has 0 aliphatic rings. The fraction of sp³-hybridized carbons (Fsp3) is 0.364. The maximum Gasteiger partial charge on any atom is 0.412 e. The van der Waals surface area contributed by atoms with E-state index in [2.05, 4.69) is 5.10 Å². The first kappa shape index (κ1) is 11.9. The number of nitrogens with two attached hydrogens (primary N) is 1. The molecule has 0 saturated heterocycles. The smallest absolute Gasteiger partial charge is 0.326 e. The van der Waals surface area contributed by atoms with E-state index in [1.54, 1.807) is 24.3 Å². The average Bonchev–Trinajstić information content (AvgIpc) is 2.60. The van der Waals surface area contributed by atoms with Crippen LogP contribution in [0.1, 0.15) is 13.0 Å². The molecule has 0 radical (unpaired) electrons. The monoisotopic (exact) mass is 243 g/mol. The summed E-state index contributed by atoms with van der Waals surface area (Å²) in [6, 6.07) is 3.88. The molecule has 1 heterocycles. The second kappa shape index (κ2) is 4.03. The van der Waals surface area contributed by atoms with Gasteiger partial charge in [0.05, 0.1) is 11.7 Å². The van der Waals surface area contributed by atoms with Crippen molar-refractivity contribution in [3.8, 4) is 0 Å². The first-order chi connectivity index (χ1) is 7.91. The minimum Gasteiger partial charge on any atom is -0.326 e. The van der Waals surface area contributed by atoms with Gasteiger partial charge in [0.1, 0.15) is 0 Å². The van der Waals surface area contributed by atoms with Gasteiger partial charge in [0.15, 0.2) is 6.04 Å². The number of hydrogen-bond acceptors (Lipinski definition) is 2. The van der Waals surface area contributed by atoms with E-state index in [0.29, 0.717) is 10.9 Å². The van der Waals surface area contributed by atoms with E-state index in [-0.39, 0.29) is 0 Å². The molecule has 2 atom stereocenters. The molecule has 0 aliphatic heterocycles. The molecule has 92 valence electrons. The molecule has 17 heavy (non-hydrogen) atoms. The van der Waals surface area contributed by atoms with E-state index in [9.17, 15) is 13.2 Å². The zero-order valence-electron chi connectivity index (χ0n) is 9.15. The number of rotatable bonds is 2. The summed E-state index contributed by atoms with van der Waals surface area (Å²) in [7, 11) is 0. The fourth-order valence-corrected chi connectivity index (χ4v) is 1.87. The summed E-state index contributed by atoms with van der Waals surface area (Å²) < 4.78 is 39.7. The van der Waals surface area contributed by atoms with Crippen molar-refractivity contribution in [2.24, 2.45) is 5.73 Å². The number of nitrogens with zero attached hydrogens (tertiary/aromatic N) is 2. The molecule has 2 N–H and O–H groups in total. The van der Waals surface area contributed by atoms with E-state index in [4.69, 9.17) is 5.73 Å². The Labute approximate surface area is 96.0 Å². The van der Waals surface area contributed by atoms with Gasteiger partial charge in [0, 0.05) is 11.4 Å². The van der Waals surface area contributed by atoms with Crippen molar-refractivity contribution in [1.82, 2.24) is 9.78 Å². The lowest BCUT2D eigenvalue weighted by atomic mass is 10.1. The summed E-state index contributed by atoms with van der Waals surface area (Å²) in [6.45, 7) is 1.33. The van der Waals surface area contributed by atoms with Crippen molar-refractivity contribution in [2.45, 2.75) is 25.2 Å². The largest absolute Gasteiger partial charge is 0.412 e. The van der Waals surface area contributed by atoms with Crippen molar-refractivity contribution in [1.29, 1.82) is 0 Å². The molecular formula is C11H12F3N3. The van der Waals surface area contributed by atoms with Crippen LogP contribution in [0.5, 0.6) is 0 Å². The lowest BCUT2D eigenvalue weighted by Gasteiger charge is -2.24. The molecular weight excluding hydrogens is 231 g/mol. The maximum atomic E-state index is 12.9. The molecule has 0 aliphatic carbocycles. The molecule has 6 heteroatoms. The zero-order valence-corrected chi connectivity index (χ0v) is 9.15. The Hall–Kier alpha value is -1.56. The van der Waals surface area contributed by atoms with Crippen LogP contribution in [0, 0.1) is 0 Å². The molecule has 0 saturated carbocycles. The third-order valence-corrected chi connectivity index (χ3v) is 2.60. The van der Waals surface area contributed by atoms with Gasteiger partial charge in [-0.25, -0.2) is 0 Å². The summed E-state index contributed by atoms with van der Waals surface area (Å²) >= 11 is 0. The Balaban J connectivity index is 2.57. The van der Waals surface area contributed by atoms with Crippen LogP contribution in [0.4, 0.5) is 13.2 Å². The van der Waals surface area contributed by atoms with E-state index in [1.807, 2.05) is 0 Å². The Bertz CT molecular complexity index is 516. The van der Waals surface area contributed by atoms with Crippen molar-refractivity contribution in [2.75, 3.05) is 0 Å². The van der Waals surface area contributed by atoms with Crippen LogP contribution in [0.3, 0.4) is 0 Å². The molecule has 2 aromatic rings. The van der Waals surface area contributed by atoms with Crippen molar-refractivity contribution in [3.63, 3.8) is 0 Å². The number of benzene rings is 1. The van der Waals surface area contributed by atoms with Gasteiger partial charge in [-0.2, -0.15) is 18.3 Å². The summed E-state index contributed by atoms with van der Waals surface area (Å²) in [6.07, 6.45) is -3.00. The molecule has 2 rings (SSSR count). The Morgan fingerprint density at radius 1 is 1.29 bits per heavy atom. The second-order valence-corrected chi connectivity index (χ2v) is 3.99. The van der Waals surface area contributed by atoms with E-state index in [0.717, 1.165) is 4.68 Å². The van der Waals surface area contributed by atoms with Gasteiger partial charge in [-0.05, 0) is 13.0 Å². The lowest BCUT2D eigenvalue weighted by Crippen LogP contribution is -2.40. The zero-order chi connectivity index (χ0) is 12.6. The number of para-hydroxylation sites is 1. The normalized spacial score (nSPS) is 16.1. The van der Waals surface area contributed by atoms with Gasteiger partial charge in [-0.3, -0.25) is 4.68 Å². The molecule has 0 amide bonds. The maximum absolute atomic E-state index is 12.9. The first-order valence-corrected chi connectivity index (χ1v) is 5.16. The van der Waals surface area contributed by atoms with Crippen molar-refractivity contribution < 1.29 is 13.2 Å². The fourth-order valence-electron chi connectivity index (χ4n) is 1.87. The number of hydrogen-bond donors (Lipinski definition) is 1. The molecule has 0 spiro atoms. The van der Waals surface area contributed by atoms with E-state index in [1.165, 1.54) is 13.1 Å². The highest BCUT2D eigenvalue weighted by molar-refractivity contribution is 5.78. The van der Waals surface area contributed by atoms with Gasteiger partial charge in [-0.15, -0.1) is 0 Å². The van der Waals surface area contributed by atoms with E-state index < -0.39 is 18.3 Å². The standard InChI is InChI=1S/C11H12F3N3/c1-7(15)10(11(12,13)14)17-9-5-3-2-4-8(9)6-16-17/h2-7,10H,15H2,1H3.